The van der Waals surface area contributed by atoms with Crippen molar-refractivity contribution < 1.29 is 22.7 Å². The third-order valence-corrected chi connectivity index (χ3v) is 7.37. The Morgan fingerprint density at radius 1 is 1.12 bits per heavy atom. The number of carbonyl (C=O) groups is 2. The van der Waals surface area contributed by atoms with E-state index in [1.165, 1.54) is 23.5 Å². The summed E-state index contributed by atoms with van der Waals surface area (Å²) in [6.07, 6.45) is 1.23. The lowest BCUT2D eigenvalue weighted by Gasteiger charge is -2.32. The van der Waals surface area contributed by atoms with Crippen LogP contribution in [0.5, 0.6) is 5.75 Å². The van der Waals surface area contributed by atoms with Crippen molar-refractivity contribution in [2.75, 3.05) is 25.5 Å². The molecule has 2 atom stereocenters. The summed E-state index contributed by atoms with van der Waals surface area (Å²) in [4.78, 5) is 24.0. The van der Waals surface area contributed by atoms with Gasteiger partial charge in [-0.25, -0.2) is 13.2 Å². The van der Waals surface area contributed by atoms with Gasteiger partial charge >= 0.3 is 6.03 Å². The summed E-state index contributed by atoms with van der Waals surface area (Å²) in [5, 5.41) is 5.45. The molecule has 172 valence electrons. The van der Waals surface area contributed by atoms with E-state index in [1.807, 2.05) is 6.92 Å². The van der Waals surface area contributed by atoms with Crippen LogP contribution in [-0.2, 0) is 14.8 Å². The molecule has 0 aromatic heterocycles. The molecule has 2 unspecified atom stereocenters. The highest BCUT2D eigenvalue weighted by Gasteiger charge is 2.33. The van der Waals surface area contributed by atoms with Crippen molar-refractivity contribution in [2.24, 2.45) is 11.7 Å². The van der Waals surface area contributed by atoms with Crippen molar-refractivity contribution in [1.82, 2.24) is 9.62 Å². The molecule has 1 aliphatic rings. The fraction of sp³-hybridized carbons (Fsp3) is 0.364. The highest BCUT2D eigenvalue weighted by atomic mass is 32.2. The molecule has 2 aromatic carbocycles. The van der Waals surface area contributed by atoms with Crippen molar-refractivity contribution in [3.8, 4) is 5.75 Å². The number of benzene rings is 2. The molecule has 1 heterocycles. The van der Waals surface area contributed by atoms with Gasteiger partial charge in [0.25, 0.3) is 0 Å². The van der Waals surface area contributed by atoms with Gasteiger partial charge in [0.15, 0.2) is 0 Å². The summed E-state index contributed by atoms with van der Waals surface area (Å²) in [7, 11) is -2.18. The zero-order valence-corrected chi connectivity index (χ0v) is 18.9. The maximum absolute atomic E-state index is 13.0. The predicted octanol–water partition coefficient (Wildman–Crippen LogP) is 2.46. The fourth-order valence-corrected chi connectivity index (χ4v) is 5.21. The van der Waals surface area contributed by atoms with Crippen LogP contribution in [0.1, 0.15) is 31.4 Å². The Labute approximate surface area is 188 Å². The number of nitrogens with one attached hydrogen (secondary N) is 2. The number of primary amides is 1. The smallest absolute Gasteiger partial charge is 0.316 e. The summed E-state index contributed by atoms with van der Waals surface area (Å²) in [6.45, 7) is 2.36. The van der Waals surface area contributed by atoms with E-state index in [0.717, 1.165) is 5.56 Å². The number of methoxy groups -OCH3 is 1. The van der Waals surface area contributed by atoms with Crippen molar-refractivity contribution in [3.05, 3.63) is 54.1 Å². The molecule has 10 heteroatoms. The van der Waals surface area contributed by atoms with Crippen LogP contribution in [-0.4, -0.2) is 44.9 Å². The molecule has 1 aliphatic heterocycles. The summed E-state index contributed by atoms with van der Waals surface area (Å²) >= 11 is 0. The normalized spacial score (nSPS) is 17.9. The lowest BCUT2D eigenvalue weighted by Crippen LogP contribution is -2.45. The topological polar surface area (TPSA) is 131 Å². The lowest BCUT2D eigenvalue weighted by atomic mass is 9.98. The van der Waals surface area contributed by atoms with Crippen LogP contribution in [0.4, 0.5) is 10.5 Å². The van der Waals surface area contributed by atoms with Crippen LogP contribution < -0.4 is 21.1 Å². The second-order valence-corrected chi connectivity index (χ2v) is 9.66. The number of ether oxygens (including phenoxy) is 1. The first-order chi connectivity index (χ1) is 15.2. The second-order valence-electron chi connectivity index (χ2n) is 7.72. The summed E-state index contributed by atoms with van der Waals surface area (Å²) in [5.41, 5.74) is 6.52. The molecule has 0 bridgehead atoms. The predicted molar refractivity (Wildman–Crippen MR) is 121 cm³/mol. The SMILES string of the molecule is COc1ccc(S(=O)(=O)N2CCCC(C(=O)NC(C)c3ccc(NC(N)=O)cc3)C2)cc1. The second kappa shape index (κ2) is 10.0. The average molecular weight is 461 g/mol. The van der Waals surface area contributed by atoms with E-state index in [-0.39, 0.29) is 23.4 Å². The van der Waals surface area contributed by atoms with Crippen LogP contribution in [0.15, 0.2) is 53.4 Å². The largest absolute Gasteiger partial charge is 0.497 e. The Balaban J connectivity index is 1.63. The van der Waals surface area contributed by atoms with Crippen molar-refractivity contribution >= 4 is 27.6 Å². The molecule has 0 saturated carbocycles. The first-order valence-electron chi connectivity index (χ1n) is 10.3. The van der Waals surface area contributed by atoms with Gasteiger partial charge in [0.2, 0.25) is 15.9 Å². The van der Waals surface area contributed by atoms with Crippen LogP contribution in [0.3, 0.4) is 0 Å². The van der Waals surface area contributed by atoms with E-state index in [1.54, 1.807) is 36.4 Å². The van der Waals surface area contributed by atoms with E-state index < -0.39 is 22.0 Å². The minimum absolute atomic E-state index is 0.133. The molecule has 4 N–H and O–H groups in total. The van der Waals surface area contributed by atoms with Gasteiger partial charge in [-0.15, -0.1) is 0 Å². The Morgan fingerprint density at radius 3 is 2.38 bits per heavy atom. The number of urea groups is 1. The highest BCUT2D eigenvalue weighted by molar-refractivity contribution is 7.89. The van der Waals surface area contributed by atoms with Crippen molar-refractivity contribution in [3.63, 3.8) is 0 Å². The van der Waals surface area contributed by atoms with E-state index >= 15 is 0 Å². The number of nitrogens with two attached hydrogens (primary N) is 1. The Kier molecular flexibility index (Phi) is 7.37. The lowest BCUT2D eigenvalue weighted by molar-refractivity contribution is -0.126. The van der Waals surface area contributed by atoms with Gasteiger partial charge in [-0.1, -0.05) is 12.1 Å². The highest BCUT2D eigenvalue weighted by Crippen LogP contribution is 2.26. The molecule has 9 nitrogen and oxygen atoms in total. The third-order valence-electron chi connectivity index (χ3n) is 5.49. The monoisotopic (exact) mass is 460 g/mol. The number of carbonyl (C=O) groups excluding carboxylic acids is 2. The number of amides is 3. The van der Waals surface area contributed by atoms with Gasteiger partial charge in [-0.05, 0) is 61.7 Å². The van der Waals surface area contributed by atoms with Gasteiger partial charge in [-0.3, -0.25) is 4.79 Å². The maximum atomic E-state index is 13.0. The molecule has 0 radical (unpaired) electrons. The Morgan fingerprint density at radius 2 is 1.78 bits per heavy atom. The van der Waals surface area contributed by atoms with E-state index in [2.05, 4.69) is 10.6 Å². The molecule has 32 heavy (non-hydrogen) atoms. The van der Waals surface area contributed by atoms with E-state index in [4.69, 9.17) is 10.5 Å². The number of nitrogens with zero attached hydrogens (tertiary/aromatic N) is 1. The first-order valence-corrected chi connectivity index (χ1v) is 11.8. The van der Waals surface area contributed by atoms with Crippen LogP contribution in [0.25, 0.3) is 0 Å². The summed E-state index contributed by atoms with van der Waals surface area (Å²) in [6, 6.07) is 12.3. The van der Waals surface area contributed by atoms with Crippen LogP contribution in [0.2, 0.25) is 0 Å². The summed E-state index contributed by atoms with van der Waals surface area (Å²) < 4.78 is 32.5. The zero-order valence-electron chi connectivity index (χ0n) is 18.1. The van der Waals surface area contributed by atoms with E-state index in [9.17, 15) is 18.0 Å². The number of hydrogen-bond donors (Lipinski definition) is 3. The number of rotatable bonds is 7. The molecule has 1 fully saturated rings. The number of sulfonamides is 1. The first kappa shape index (κ1) is 23.6. The van der Waals surface area contributed by atoms with Crippen LogP contribution in [0, 0.1) is 5.92 Å². The number of anilines is 1. The molecule has 1 saturated heterocycles. The van der Waals surface area contributed by atoms with Crippen LogP contribution >= 0.6 is 0 Å². The van der Waals surface area contributed by atoms with Gasteiger partial charge in [0.05, 0.1) is 24.0 Å². The molecule has 0 spiro atoms. The molecule has 3 rings (SSSR count). The van der Waals surface area contributed by atoms with Crippen molar-refractivity contribution in [1.29, 1.82) is 0 Å². The third kappa shape index (κ3) is 5.57. The van der Waals surface area contributed by atoms with Gasteiger partial charge in [0.1, 0.15) is 5.75 Å². The van der Waals surface area contributed by atoms with Gasteiger partial charge in [-0.2, -0.15) is 4.31 Å². The minimum atomic E-state index is -3.70. The Hall–Kier alpha value is -3.11. The molecule has 0 aliphatic carbocycles. The fourth-order valence-electron chi connectivity index (χ4n) is 3.68. The standard InChI is InChI=1S/C22H28N4O5S/c1-15(16-5-7-18(8-6-16)25-22(23)28)24-21(27)17-4-3-13-26(14-17)32(29,30)20-11-9-19(31-2)10-12-20/h5-12,15,17H,3-4,13-14H2,1-2H3,(H,24,27)(H3,23,25,28). The Bertz CT molecular complexity index is 1050. The van der Waals surface area contributed by atoms with Crippen molar-refractivity contribution in [2.45, 2.75) is 30.7 Å². The maximum Gasteiger partial charge on any atom is 0.316 e. The molecule has 3 amide bonds. The molecular weight excluding hydrogens is 432 g/mol. The molecule has 2 aromatic rings. The summed E-state index contributed by atoms with van der Waals surface area (Å²) in [5.74, 6) is -0.0474. The number of piperidine rings is 1. The van der Waals surface area contributed by atoms with Gasteiger partial charge < -0.3 is 21.1 Å². The zero-order chi connectivity index (χ0) is 23.3. The quantitative estimate of drug-likeness (QED) is 0.584. The average Bonchev–Trinajstić information content (AvgIpc) is 2.79. The number of hydrogen-bond acceptors (Lipinski definition) is 5. The molecular formula is C22H28N4O5S. The van der Waals surface area contributed by atoms with Gasteiger partial charge in [0, 0.05) is 18.8 Å². The minimum Gasteiger partial charge on any atom is -0.497 e. The van der Waals surface area contributed by atoms with E-state index in [0.29, 0.717) is 30.8 Å².